The molecule has 0 saturated carbocycles. The van der Waals surface area contributed by atoms with Crippen molar-refractivity contribution in [2.75, 3.05) is 19.8 Å². The Morgan fingerprint density at radius 3 is 2.13 bits per heavy atom. The molecular weight excluding hydrogens is 388 g/mol. The number of nitrogens with one attached hydrogen (secondary N) is 2. The normalized spacial score (nSPS) is 10.2. The Bertz CT molecular complexity index is 878. The summed E-state index contributed by atoms with van der Waals surface area (Å²) in [4.78, 5) is 47.1. The third-order valence-corrected chi connectivity index (χ3v) is 3.80. The van der Waals surface area contributed by atoms with Crippen molar-refractivity contribution in [3.63, 3.8) is 0 Å². The molecule has 2 aromatic carbocycles. The first kappa shape index (κ1) is 22.6. The number of amides is 3. The monoisotopic (exact) mass is 412 g/mol. The van der Waals surface area contributed by atoms with E-state index in [-0.39, 0.29) is 11.7 Å². The van der Waals surface area contributed by atoms with Gasteiger partial charge in [-0.3, -0.25) is 14.9 Å². The van der Waals surface area contributed by atoms with Gasteiger partial charge < -0.3 is 14.8 Å². The number of ketones is 1. The zero-order chi connectivity index (χ0) is 21.9. The average Bonchev–Trinajstić information content (AvgIpc) is 2.75. The van der Waals surface area contributed by atoms with E-state index in [4.69, 9.17) is 9.47 Å². The summed E-state index contributed by atoms with van der Waals surface area (Å²) in [6.07, 6.45) is 0. The Labute approximate surface area is 174 Å². The number of benzene rings is 2. The molecule has 0 atom stereocenters. The molecule has 2 aromatic rings. The SMILES string of the molecule is CC(C)CNC(=O)NC(=O)COC(=O)COc1ccc(C(=O)c2ccccc2)cc1. The van der Waals surface area contributed by atoms with Gasteiger partial charge in [-0.25, -0.2) is 9.59 Å². The molecule has 0 aliphatic rings. The van der Waals surface area contributed by atoms with E-state index in [1.165, 1.54) is 0 Å². The number of urea groups is 1. The molecular formula is C22H24N2O6. The number of carbonyl (C=O) groups excluding carboxylic acids is 4. The Morgan fingerprint density at radius 1 is 0.867 bits per heavy atom. The average molecular weight is 412 g/mol. The van der Waals surface area contributed by atoms with Gasteiger partial charge in [-0.15, -0.1) is 0 Å². The van der Waals surface area contributed by atoms with Crippen molar-refractivity contribution in [3.05, 3.63) is 65.7 Å². The number of rotatable bonds is 9. The molecule has 2 rings (SSSR count). The van der Waals surface area contributed by atoms with Crippen LogP contribution in [0.3, 0.4) is 0 Å². The Kier molecular flexibility index (Phi) is 8.56. The predicted octanol–water partition coefficient (Wildman–Crippen LogP) is 2.32. The minimum Gasteiger partial charge on any atom is -0.482 e. The molecule has 2 N–H and O–H groups in total. The molecule has 0 spiro atoms. The van der Waals surface area contributed by atoms with Crippen molar-refractivity contribution in [3.8, 4) is 5.75 Å². The summed E-state index contributed by atoms with van der Waals surface area (Å²) >= 11 is 0. The minimum absolute atomic E-state index is 0.120. The van der Waals surface area contributed by atoms with Gasteiger partial charge in [-0.05, 0) is 30.2 Å². The van der Waals surface area contributed by atoms with Gasteiger partial charge in [0.2, 0.25) is 0 Å². The van der Waals surface area contributed by atoms with Crippen LogP contribution in [0, 0.1) is 5.92 Å². The van der Waals surface area contributed by atoms with Crippen LogP contribution in [-0.4, -0.2) is 43.4 Å². The fourth-order valence-electron chi connectivity index (χ4n) is 2.29. The smallest absolute Gasteiger partial charge is 0.344 e. The van der Waals surface area contributed by atoms with Crippen LogP contribution >= 0.6 is 0 Å². The molecule has 0 radical (unpaired) electrons. The second kappa shape index (κ2) is 11.4. The first-order valence-electron chi connectivity index (χ1n) is 9.41. The summed E-state index contributed by atoms with van der Waals surface area (Å²) in [5.74, 6) is -1.02. The Morgan fingerprint density at radius 2 is 1.50 bits per heavy atom. The maximum Gasteiger partial charge on any atom is 0.344 e. The van der Waals surface area contributed by atoms with Gasteiger partial charge in [-0.1, -0.05) is 44.2 Å². The molecule has 0 saturated heterocycles. The Balaban J connectivity index is 1.72. The molecule has 3 amide bonds. The third kappa shape index (κ3) is 7.75. The number of imide groups is 1. The van der Waals surface area contributed by atoms with E-state index in [1.807, 2.05) is 19.9 Å². The van der Waals surface area contributed by atoms with Crippen molar-refractivity contribution in [2.24, 2.45) is 5.92 Å². The number of ether oxygens (including phenoxy) is 2. The number of esters is 1. The van der Waals surface area contributed by atoms with E-state index in [2.05, 4.69) is 10.6 Å². The molecule has 0 aromatic heterocycles. The summed E-state index contributed by atoms with van der Waals surface area (Å²) in [6, 6.07) is 14.5. The van der Waals surface area contributed by atoms with Gasteiger partial charge in [0.1, 0.15) is 5.75 Å². The first-order chi connectivity index (χ1) is 14.3. The van der Waals surface area contributed by atoms with Gasteiger partial charge in [0, 0.05) is 17.7 Å². The highest BCUT2D eigenvalue weighted by atomic mass is 16.6. The fraction of sp³-hybridized carbons (Fsp3) is 0.273. The van der Waals surface area contributed by atoms with E-state index in [0.29, 0.717) is 23.4 Å². The van der Waals surface area contributed by atoms with Crippen molar-refractivity contribution in [1.82, 2.24) is 10.6 Å². The topological polar surface area (TPSA) is 111 Å². The van der Waals surface area contributed by atoms with E-state index < -0.39 is 31.1 Å². The van der Waals surface area contributed by atoms with Crippen LogP contribution in [0.15, 0.2) is 54.6 Å². The third-order valence-electron chi connectivity index (χ3n) is 3.80. The highest BCUT2D eigenvalue weighted by Crippen LogP contribution is 2.15. The predicted molar refractivity (Wildman–Crippen MR) is 109 cm³/mol. The lowest BCUT2D eigenvalue weighted by Crippen LogP contribution is -2.42. The summed E-state index contributed by atoms with van der Waals surface area (Å²) in [7, 11) is 0. The lowest BCUT2D eigenvalue weighted by Gasteiger charge is -2.09. The molecule has 0 bridgehead atoms. The zero-order valence-electron chi connectivity index (χ0n) is 16.8. The lowest BCUT2D eigenvalue weighted by atomic mass is 10.0. The molecule has 0 unspecified atom stereocenters. The van der Waals surface area contributed by atoms with Gasteiger partial charge in [0.25, 0.3) is 5.91 Å². The molecule has 0 aliphatic heterocycles. The Hall–Kier alpha value is -3.68. The van der Waals surface area contributed by atoms with Crippen molar-refractivity contribution in [1.29, 1.82) is 0 Å². The second-order valence-corrected chi connectivity index (χ2v) is 6.82. The first-order valence-corrected chi connectivity index (χ1v) is 9.41. The summed E-state index contributed by atoms with van der Waals surface area (Å²) in [5, 5.41) is 4.57. The number of carbonyl (C=O) groups is 4. The van der Waals surface area contributed by atoms with Crippen molar-refractivity contribution >= 4 is 23.7 Å². The highest BCUT2D eigenvalue weighted by molar-refractivity contribution is 6.09. The summed E-state index contributed by atoms with van der Waals surface area (Å²) in [5.41, 5.74) is 1.06. The van der Waals surface area contributed by atoms with Gasteiger partial charge >= 0.3 is 12.0 Å². The minimum atomic E-state index is -0.767. The second-order valence-electron chi connectivity index (χ2n) is 6.82. The summed E-state index contributed by atoms with van der Waals surface area (Å²) in [6.45, 7) is 3.24. The quantitative estimate of drug-likeness (QED) is 0.483. The van der Waals surface area contributed by atoms with E-state index in [1.54, 1.807) is 48.5 Å². The van der Waals surface area contributed by atoms with Crippen LogP contribution in [0.1, 0.15) is 29.8 Å². The van der Waals surface area contributed by atoms with E-state index >= 15 is 0 Å². The van der Waals surface area contributed by atoms with Crippen molar-refractivity contribution in [2.45, 2.75) is 13.8 Å². The molecule has 0 heterocycles. The number of hydrogen-bond donors (Lipinski definition) is 2. The van der Waals surface area contributed by atoms with Crippen LogP contribution < -0.4 is 15.4 Å². The molecule has 158 valence electrons. The van der Waals surface area contributed by atoms with Gasteiger partial charge in [0.05, 0.1) is 0 Å². The largest absolute Gasteiger partial charge is 0.482 e. The van der Waals surface area contributed by atoms with Gasteiger partial charge in [-0.2, -0.15) is 0 Å². The van der Waals surface area contributed by atoms with E-state index in [9.17, 15) is 19.2 Å². The maximum atomic E-state index is 12.3. The van der Waals surface area contributed by atoms with Crippen LogP contribution in [0.25, 0.3) is 0 Å². The molecule has 30 heavy (non-hydrogen) atoms. The molecule has 8 heteroatoms. The lowest BCUT2D eigenvalue weighted by molar-refractivity contribution is -0.150. The van der Waals surface area contributed by atoms with Crippen LogP contribution in [-0.2, 0) is 14.3 Å². The van der Waals surface area contributed by atoms with Crippen LogP contribution in [0.4, 0.5) is 4.79 Å². The van der Waals surface area contributed by atoms with Crippen molar-refractivity contribution < 1.29 is 28.7 Å². The maximum absolute atomic E-state index is 12.3. The molecule has 0 aliphatic carbocycles. The molecule has 8 nitrogen and oxygen atoms in total. The van der Waals surface area contributed by atoms with Crippen LogP contribution in [0.2, 0.25) is 0 Å². The van der Waals surface area contributed by atoms with Crippen LogP contribution in [0.5, 0.6) is 5.75 Å². The zero-order valence-corrected chi connectivity index (χ0v) is 16.8. The highest BCUT2D eigenvalue weighted by Gasteiger charge is 2.12. The molecule has 0 fully saturated rings. The van der Waals surface area contributed by atoms with E-state index in [0.717, 1.165) is 0 Å². The standard InChI is InChI=1S/C22H24N2O6/c1-15(2)12-23-22(28)24-19(25)13-30-20(26)14-29-18-10-8-17(9-11-18)21(27)16-6-4-3-5-7-16/h3-11,15H,12-14H2,1-2H3,(H2,23,24,25,28). The number of hydrogen-bond acceptors (Lipinski definition) is 6. The van der Waals surface area contributed by atoms with Gasteiger partial charge in [0.15, 0.2) is 19.0 Å². The summed E-state index contributed by atoms with van der Waals surface area (Å²) < 4.78 is 10.1. The fourth-order valence-corrected chi connectivity index (χ4v) is 2.29.